The van der Waals surface area contributed by atoms with Crippen molar-refractivity contribution in [3.05, 3.63) is 83.9 Å². The van der Waals surface area contributed by atoms with Crippen LogP contribution >= 0.6 is 0 Å². The molecule has 3 aromatic rings. The smallest absolute Gasteiger partial charge is 0.261 e. The molecule has 2 aliphatic rings. The van der Waals surface area contributed by atoms with Gasteiger partial charge < -0.3 is 14.4 Å². The summed E-state index contributed by atoms with van der Waals surface area (Å²) in [5, 5.41) is 0. The standard InChI is InChI=1S/C26H26N2O5S/c29-26(19-9-12-21(13-10-19)27-34(30,31)22-6-2-1-3-7-22)28-15-4-8-23(28)20-11-14-24-25(18-20)33-17-5-16-32-24/h1-3,6-7,9-14,18,23,27H,4-5,8,15-17H2/t23-/m0/s1. The number of nitrogens with zero attached hydrogens (tertiary/aromatic N) is 1. The van der Waals surface area contributed by atoms with Gasteiger partial charge in [-0.2, -0.15) is 0 Å². The third-order valence-corrected chi connectivity index (χ3v) is 7.50. The van der Waals surface area contributed by atoms with Gasteiger partial charge >= 0.3 is 0 Å². The number of nitrogens with one attached hydrogen (secondary N) is 1. The number of rotatable bonds is 5. The van der Waals surface area contributed by atoms with Gasteiger partial charge in [0.15, 0.2) is 11.5 Å². The number of anilines is 1. The third kappa shape index (κ3) is 4.59. The summed E-state index contributed by atoms with van der Waals surface area (Å²) in [7, 11) is -3.68. The summed E-state index contributed by atoms with van der Waals surface area (Å²) in [5.74, 6) is 1.39. The van der Waals surface area contributed by atoms with E-state index in [9.17, 15) is 13.2 Å². The van der Waals surface area contributed by atoms with Crippen LogP contribution in [0.3, 0.4) is 0 Å². The predicted molar refractivity (Wildman–Crippen MR) is 129 cm³/mol. The van der Waals surface area contributed by atoms with Gasteiger partial charge in [0.2, 0.25) is 0 Å². The molecule has 0 spiro atoms. The third-order valence-electron chi connectivity index (χ3n) is 6.11. The van der Waals surface area contributed by atoms with Gasteiger partial charge in [-0.15, -0.1) is 0 Å². The van der Waals surface area contributed by atoms with Crippen molar-refractivity contribution in [3.63, 3.8) is 0 Å². The molecule has 2 aliphatic heterocycles. The van der Waals surface area contributed by atoms with Gasteiger partial charge in [0.1, 0.15) is 0 Å². The summed E-state index contributed by atoms with van der Waals surface area (Å²) in [6, 6.07) is 20.6. The highest BCUT2D eigenvalue weighted by molar-refractivity contribution is 7.92. The number of amides is 1. The molecule has 0 unspecified atom stereocenters. The Kier molecular flexibility index (Phi) is 6.15. The lowest BCUT2D eigenvalue weighted by atomic mass is 10.0. The summed E-state index contributed by atoms with van der Waals surface area (Å²) < 4.78 is 39.2. The summed E-state index contributed by atoms with van der Waals surface area (Å²) in [4.78, 5) is 15.4. The molecule has 1 saturated heterocycles. The van der Waals surface area contributed by atoms with Crippen molar-refractivity contribution in [1.29, 1.82) is 0 Å². The SMILES string of the molecule is O=C(c1ccc(NS(=O)(=O)c2ccccc2)cc1)N1CCC[C@H]1c1ccc2c(c1)OCCCO2. The molecule has 176 valence electrons. The molecular weight excluding hydrogens is 452 g/mol. The van der Waals surface area contributed by atoms with Crippen LogP contribution in [0.15, 0.2) is 77.7 Å². The van der Waals surface area contributed by atoms with Gasteiger partial charge in [-0.3, -0.25) is 9.52 Å². The largest absolute Gasteiger partial charge is 0.490 e. The van der Waals surface area contributed by atoms with Crippen LogP contribution in [0.2, 0.25) is 0 Å². The Morgan fingerprint density at radius 1 is 0.882 bits per heavy atom. The predicted octanol–water partition coefficient (Wildman–Crippen LogP) is 4.63. The number of carbonyl (C=O) groups excluding carboxylic acids is 1. The number of ether oxygens (including phenoxy) is 2. The van der Waals surface area contributed by atoms with Crippen LogP contribution in [0.5, 0.6) is 11.5 Å². The number of fused-ring (bicyclic) bond motifs is 1. The van der Waals surface area contributed by atoms with Crippen LogP contribution < -0.4 is 14.2 Å². The first kappa shape index (κ1) is 22.3. The van der Waals surface area contributed by atoms with Crippen LogP contribution in [0.4, 0.5) is 5.69 Å². The molecule has 1 atom stereocenters. The first-order chi connectivity index (χ1) is 16.5. The fourth-order valence-electron chi connectivity index (χ4n) is 4.40. The van der Waals surface area contributed by atoms with Crippen molar-refractivity contribution in [1.82, 2.24) is 4.90 Å². The van der Waals surface area contributed by atoms with Gasteiger partial charge in [-0.1, -0.05) is 24.3 Å². The van der Waals surface area contributed by atoms with Crippen LogP contribution in [-0.2, 0) is 10.0 Å². The second-order valence-corrected chi connectivity index (χ2v) is 10.1. The van der Waals surface area contributed by atoms with Gasteiger partial charge in [-0.05, 0) is 66.9 Å². The maximum atomic E-state index is 13.3. The highest BCUT2D eigenvalue weighted by Gasteiger charge is 2.31. The van der Waals surface area contributed by atoms with Crippen molar-refractivity contribution in [2.75, 3.05) is 24.5 Å². The number of carbonyl (C=O) groups is 1. The summed E-state index contributed by atoms with van der Waals surface area (Å²) in [6.07, 6.45) is 2.63. The van der Waals surface area contributed by atoms with Crippen LogP contribution in [0.25, 0.3) is 0 Å². The van der Waals surface area contributed by atoms with E-state index < -0.39 is 10.0 Å². The summed E-state index contributed by atoms with van der Waals surface area (Å²) >= 11 is 0. The monoisotopic (exact) mass is 478 g/mol. The van der Waals surface area contributed by atoms with Crippen molar-refractivity contribution < 1.29 is 22.7 Å². The van der Waals surface area contributed by atoms with Crippen LogP contribution in [0.1, 0.15) is 41.2 Å². The number of hydrogen-bond donors (Lipinski definition) is 1. The lowest BCUT2D eigenvalue weighted by molar-refractivity contribution is 0.0735. The molecule has 0 bridgehead atoms. The molecule has 2 heterocycles. The average Bonchev–Trinajstić information content (AvgIpc) is 3.23. The lowest BCUT2D eigenvalue weighted by Crippen LogP contribution is -2.30. The van der Waals surface area contributed by atoms with Crippen molar-refractivity contribution >= 4 is 21.6 Å². The summed E-state index contributed by atoms with van der Waals surface area (Å²) in [5.41, 5.74) is 1.95. The Labute approximate surface area is 199 Å². The molecule has 1 amide bonds. The van der Waals surface area contributed by atoms with Crippen LogP contribution in [-0.4, -0.2) is 39.0 Å². The van der Waals surface area contributed by atoms with Gasteiger partial charge in [-0.25, -0.2) is 8.42 Å². The van der Waals surface area contributed by atoms with E-state index in [4.69, 9.17) is 9.47 Å². The Balaban J connectivity index is 1.32. The number of sulfonamides is 1. The molecule has 8 heteroatoms. The van der Waals surface area contributed by atoms with E-state index in [2.05, 4.69) is 4.72 Å². The average molecular weight is 479 g/mol. The molecule has 7 nitrogen and oxygen atoms in total. The second kappa shape index (κ2) is 9.38. The number of benzene rings is 3. The van der Waals surface area contributed by atoms with E-state index >= 15 is 0 Å². The van der Waals surface area contributed by atoms with Gasteiger partial charge in [0, 0.05) is 24.2 Å². The Bertz CT molecular complexity index is 1280. The molecule has 3 aromatic carbocycles. The second-order valence-electron chi connectivity index (χ2n) is 8.41. The molecule has 5 rings (SSSR count). The maximum Gasteiger partial charge on any atom is 0.261 e. The molecular formula is C26H26N2O5S. The minimum atomic E-state index is -3.68. The topological polar surface area (TPSA) is 84.9 Å². The highest BCUT2D eigenvalue weighted by Crippen LogP contribution is 2.38. The van der Waals surface area contributed by atoms with Gasteiger partial charge in [0.05, 0.1) is 24.2 Å². The minimum Gasteiger partial charge on any atom is -0.490 e. The quantitative estimate of drug-likeness (QED) is 0.578. The Morgan fingerprint density at radius 2 is 1.62 bits per heavy atom. The molecule has 1 fully saturated rings. The zero-order valence-electron chi connectivity index (χ0n) is 18.6. The zero-order valence-corrected chi connectivity index (χ0v) is 19.5. The minimum absolute atomic E-state index is 0.0408. The molecule has 0 saturated carbocycles. The van der Waals surface area contributed by atoms with Crippen LogP contribution in [0, 0.1) is 0 Å². The normalized spacial score (nSPS) is 17.8. The van der Waals surface area contributed by atoms with E-state index in [1.54, 1.807) is 42.5 Å². The molecule has 0 aliphatic carbocycles. The van der Waals surface area contributed by atoms with E-state index in [0.29, 0.717) is 31.0 Å². The molecule has 0 aromatic heterocycles. The maximum absolute atomic E-state index is 13.3. The highest BCUT2D eigenvalue weighted by atomic mass is 32.2. The zero-order chi connectivity index (χ0) is 23.5. The number of hydrogen-bond acceptors (Lipinski definition) is 5. The molecule has 1 N–H and O–H groups in total. The fraction of sp³-hybridized carbons (Fsp3) is 0.269. The van der Waals surface area contributed by atoms with Crippen molar-refractivity contribution in [2.24, 2.45) is 0 Å². The lowest BCUT2D eigenvalue weighted by Gasteiger charge is -2.26. The Morgan fingerprint density at radius 3 is 2.38 bits per heavy atom. The molecule has 0 radical (unpaired) electrons. The Hall–Kier alpha value is -3.52. The van der Waals surface area contributed by atoms with E-state index in [1.165, 1.54) is 12.1 Å². The van der Waals surface area contributed by atoms with E-state index in [1.807, 2.05) is 23.1 Å². The first-order valence-electron chi connectivity index (χ1n) is 11.4. The number of likely N-dealkylation sites (tertiary alicyclic amines) is 1. The van der Waals surface area contributed by atoms with Crippen molar-refractivity contribution in [3.8, 4) is 11.5 Å². The van der Waals surface area contributed by atoms with E-state index in [0.717, 1.165) is 36.3 Å². The van der Waals surface area contributed by atoms with Crippen molar-refractivity contribution in [2.45, 2.75) is 30.2 Å². The molecule has 34 heavy (non-hydrogen) atoms. The van der Waals surface area contributed by atoms with Gasteiger partial charge in [0.25, 0.3) is 15.9 Å². The fourth-order valence-corrected chi connectivity index (χ4v) is 5.48. The van der Waals surface area contributed by atoms with E-state index in [-0.39, 0.29) is 16.8 Å². The summed E-state index contributed by atoms with van der Waals surface area (Å²) in [6.45, 7) is 1.92. The first-order valence-corrected chi connectivity index (χ1v) is 12.9.